The third kappa shape index (κ3) is 4.53. The predicted molar refractivity (Wildman–Crippen MR) is 84.9 cm³/mol. The predicted octanol–water partition coefficient (Wildman–Crippen LogP) is 3.45. The Kier molecular flexibility index (Phi) is 4.91. The van der Waals surface area contributed by atoms with Crippen LogP contribution in [0.5, 0.6) is 0 Å². The van der Waals surface area contributed by atoms with Crippen molar-refractivity contribution in [2.45, 2.75) is 25.4 Å². The smallest absolute Gasteiger partial charge is 0.335 e. The molecule has 1 unspecified atom stereocenters. The molecular formula is C17H18O3S. The van der Waals surface area contributed by atoms with Crippen molar-refractivity contribution in [2.24, 2.45) is 0 Å². The van der Waals surface area contributed by atoms with E-state index in [1.54, 1.807) is 18.2 Å². The maximum atomic E-state index is 12.2. The van der Waals surface area contributed by atoms with E-state index in [-0.39, 0.29) is 5.56 Å². The lowest BCUT2D eigenvalue weighted by atomic mass is 10.1. The Morgan fingerprint density at radius 1 is 1.00 bits per heavy atom. The molecule has 21 heavy (non-hydrogen) atoms. The highest BCUT2D eigenvalue weighted by Gasteiger charge is 2.07. The SMILES string of the molecule is Cc1cc(C)cc(CS(=O)Cc2cccc(C(=O)O)c2)c1. The quantitative estimate of drug-likeness (QED) is 0.920. The standard InChI is InChI=1S/C17H18O3S/c1-12-6-13(2)8-15(7-12)11-21(20)10-14-4-3-5-16(9-14)17(18)19/h3-9H,10-11H2,1-2H3,(H,18,19). The van der Waals surface area contributed by atoms with Crippen LogP contribution in [0.2, 0.25) is 0 Å². The fourth-order valence-corrected chi connectivity index (χ4v) is 3.56. The minimum absolute atomic E-state index is 0.232. The zero-order chi connectivity index (χ0) is 15.4. The maximum absolute atomic E-state index is 12.2. The summed E-state index contributed by atoms with van der Waals surface area (Å²) >= 11 is 0. The lowest BCUT2D eigenvalue weighted by Gasteiger charge is -2.06. The molecule has 0 aliphatic rings. The Hall–Kier alpha value is -1.94. The van der Waals surface area contributed by atoms with Crippen LogP contribution in [0, 0.1) is 13.8 Å². The van der Waals surface area contributed by atoms with Gasteiger partial charge in [-0.2, -0.15) is 0 Å². The molecule has 0 spiro atoms. The highest BCUT2D eigenvalue weighted by molar-refractivity contribution is 7.83. The fraction of sp³-hybridized carbons (Fsp3) is 0.235. The third-order valence-electron chi connectivity index (χ3n) is 3.11. The molecule has 110 valence electrons. The van der Waals surface area contributed by atoms with Gasteiger partial charge in [-0.05, 0) is 37.1 Å². The zero-order valence-electron chi connectivity index (χ0n) is 12.1. The zero-order valence-corrected chi connectivity index (χ0v) is 12.9. The van der Waals surface area contributed by atoms with Gasteiger partial charge in [0, 0.05) is 22.3 Å². The minimum atomic E-state index is -1.05. The van der Waals surface area contributed by atoms with Crippen LogP contribution in [0.15, 0.2) is 42.5 Å². The molecule has 1 atom stereocenters. The number of aryl methyl sites for hydroxylation is 2. The molecule has 0 bridgehead atoms. The van der Waals surface area contributed by atoms with E-state index in [9.17, 15) is 9.00 Å². The van der Waals surface area contributed by atoms with Gasteiger partial charge in [-0.1, -0.05) is 41.5 Å². The van der Waals surface area contributed by atoms with E-state index >= 15 is 0 Å². The van der Waals surface area contributed by atoms with E-state index in [2.05, 4.69) is 6.07 Å². The summed E-state index contributed by atoms with van der Waals surface area (Å²) < 4.78 is 12.2. The van der Waals surface area contributed by atoms with Gasteiger partial charge in [0.15, 0.2) is 0 Å². The van der Waals surface area contributed by atoms with Gasteiger partial charge in [0.2, 0.25) is 0 Å². The lowest BCUT2D eigenvalue weighted by Crippen LogP contribution is -2.02. The number of carboxylic acid groups (broad SMARTS) is 1. The third-order valence-corrected chi connectivity index (χ3v) is 4.42. The Morgan fingerprint density at radius 3 is 2.24 bits per heavy atom. The first kappa shape index (κ1) is 15.4. The molecule has 3 nitrogen and oxygen atoms in total. The largest absolute Gasteiger partial charge is 0.478 e. The summed E-state index contributed by atoms with van der Waals surface area (Å²) in [4.78, 5) is 10.9. The number of rotatable bonds is 5. The van der Waals surface area contributed by atoms with Crippen molar-refractivity contribution in [1.29, 1.82) is 0 Å². The molecule has 1 N–H and O–H groups in total. The Morgan fingerprint density at radius 2 is 1.62 bits per heavy atom. The van der Waals surface area contributed by atoms with Crippen molar-refractivity contribution in [3.63, 3.8) is 0 Å². The van der Waals surface area contributed by atoms with Crippen LogP contribution in [-0.4, -0.2) is 15.3 Å². The van der Waals surface area contributed by atoms with Crippen molar-refractivity contribution in [2.75, 3.05) is 0 Å². The van der Waals surface area contributed by atoms with Gasteiger partial charge >= 0.3 is 5.97 Å². The summed E-state index contributed by atoms with van der Waals surface area (Å²) in [6, 6.07) is 12.8. The van der Waals surface area contributed by atoms with E-state index in [0.717, 1.165) is 22.3 Å². The molecule has 2 rings (SSSR count). The highest BCUT2D eigenvalue weighted by atomic mass is 32.2. The molecule has 2 aromatic carbocycles. The molecule has 0 aromatic heterocycles. The number of benzene rings is 2. The van der Waals surface area contributed by atoms with E-state index in [1.165, 1.54) is 0 Å². The Bertz CT molecular complexity index is 672. The second kappa shape index (κ2) is 6.68. The van der Waals surface area contributed by atoms with Crippen molar-refractivity contribution >= 4 is 16.8 Å². The Balaban J connectivity index is 2.08. The topological polar surface area (TPSA) is 54.4 Å². The molecule has 4 heteroatoms. The average Bonchev–Trinajstić information content (AvgIpc) is 2.37. The van der Waals surface area contributed by atoms with Crippen LogP contribution >= 0.6 is 0 Å². The second-order valence-corrected chi connectivity index (χ2v) is 6.69. The number of aromatic carboxylic acids is 1. The minimum Gasteiger partial charge on any atom is -0.478 e. The number of carbonyl (C=O) groups is 1. The van der Waals surface area contributed by atoms with Crippen molar-refractivity contribution in [1.82, 2.24) is 0 Å². The molecule has 0 saturated heterocycles. The molecule has 0 radical (unpaired) electrons. The van der Waals surface area contributed by atoms with Crippen molar-refractivity contribution in [3.8, 4) is 0 Å². The van der Waals surface area contributed by atoms with Gasteiger partial charge in [0.25, 0.3) is 0 Å². The van der Waals surface area contributed by atoms with E-state index in [0.29, 0.717) is 11.5 Å². The van der Waals surface area contributed by atoms with E-state index in [1.807, 2.05) is 32.0 Å². The summed E-state index contributed by atoms with van der Waals surface area (Å²) in [6.07, 6.45) is 0. The van der Waals surface area contributed by atoms with Gasteiger partial charge in [-0.3, -0.25) is 4.21 Å². The van der Waals surface area contributed by atoms with Crippen LogP contribution in [0.1, 0.15) is 32.6 Å². The molecule has 0 fully saturated rings. The lowest BCUT2D eigenvalue weighted by molar-refractivity contribution is 0.0696. The van der Waals surface area contributed by atoms with Crippen LogP contribution in [0.4, 0.5) is 0 Å². The van der Waals surface area contributed by atoms with Gasteiger partial charge in [-0.25, -0.2) is 4.79 Å². The summed E-state index contributed by atoms with van der Waals surface area (Å²) in [7, 11) is -1.05. The van der Waals surface area contributed by atoms with Crippen LogP contribution in [0.25, 0.3) is 0 Å². The highest BCUT2D eigenvalue weighted by Crippen LogP contribution is 2.14. The normalized spacial score (nSPS) is 12.1. The molecule has 0 aliphatic carbocycles. The second-order valence-electron chi connectivity index (χ2n) is 5.23. The molecule has 0 saturated carbocycles. The van der Waals surface area contributed by atoms with E-state index < -0.39 is 16.8 Å². The molecule has 0 aliphatic heterocycles. The maximum Gasteiger partial charge on any atom is 0.335 e. The van der Waals surface area contributed by atoms with Gasteiger partial charge in [0.1, 0.15) is 0 Å². The summed E-state index contributed by atoms with van der Waals surface area (Å²) in [6.45, 7) is 4.05. The molecule has 0 heterocycles. The number of hydrogen-bond donors (Lipinski definition) is 1. The Labute approximate surface area is 127 Å². The van der Waals surface area contributed by atoms with Crippen molar-refractivity contribution < 1.29 is 14.1 Å². The van der Waals surface area contributed by atoms with Gasteiger partial charge in [-0.15, -0.1) is 0 Å². The summed E-state index contributed by atoms with van der Waals surface area (Å²) in [5.74, 6) is -0.106. The van der Waals surface area contributed by atoms with Gasteiger partial charge in [0.05, 0.1) is 5.56 Å². The van der Waals surface area contributed by atoms with Crippen LogP contribution < -0.4 is 0 Å². The van der Waals surface area contributed by atoms with Gasteiger partial charge < -0.3 is 5.11 Å². The number of hydrogen-bond acceptors (Lipinski definition) is 2. The van der Waals surface area contributed by atoms with Crippen molar-refractivity contribution in [3.05, 3.63) is 70.3 Å². The fourth-order valence-electron chi connectivity index (χ4n) is 2.37. The van der Waals surface area contributed by atoms with Crippen LogP contribution in [0.3, 0.4) is 0 Å². The number of carboxylic acids is 1. The average molecular weight is 302 g/mol. The first-order chi connectivity index (χ1) is 9.94. The monoisotopic (exact) mass is 302 g/mol. The summed E-state index contributed by atoms with van der Waals surface area (Å²) in [5, 5.41) is 8.96. The van der Waals surface area contributed by atoms with Crippen LogP contribution in [-0.2, 0) is 22.3 Å². The molecule has 2 aromatic rings. The molecule has 0 amide bonds. The van der Waals surface area contributed by atoms with E-state index in [4.69, 9.17) is 5.11 Å². The first-order valence-corrected chi connectivity index (χ1v) is 8.17. The first-order valence-electron chi connectivity index (χ1n) is 6.68. The summed E-state index contributed by atoms with van der Waals surface area (Å²) in [5.41, 5.74) is 4.40. The molecular weight excluding hydrogens is 284 g/mol.